The molecular formula is C23H25NO7. The van der Waals surface area contributed by atoms with Crippen LogP contribution in [0.3, 0.4) is 0 Å². The molecule has 2 aromatic rings. The molecule has 1 saturated heterocycles. The zero-order chi connectivity index (χ0) is 22.5. The number of Topliss-reactive ketones (excluding diaryl/α,β-unsaturated/α-hetero) is 1. The zero-order valence-electron chi connectivity index (χ0n) is 17.9. The number of benzene rings is 2. The number of amides is 1. The Kier molecular flexibility index (Phi) is 6.81. The number of methoxy groups -OCH3 is 4. The van der Waals surface area contributed by atoms with Crippen LogP contribution in [0.2, 0.25) is 0 Å². The van der Waals surface area contributed by atoms with E-state index in [0.717, 1.165) is 0 Å². The Labute approximate surface area is 180 Å². The molecule has 1 aliphatic rings. The maximum absolute atomic E-state index is 13.0. The molecule has 0 saturated carbocycles. The van der Waals surface area contributed by atoms with Gasteiger partial charge >= 0.3 is 0 Å². The van der Waals surface area contributed by atoms with Gasteiger partial charge in [0.05, 0.1) is 45.1 Å². The molecule has 1 aliphatic heterocycles. The Morgan fingerprint density at radius 3 is 2.32 bits per heavy atom. The van der Waals surface area contributed by atoms with Gasteiger partial charge in [-0.25, -0.2) is 0 Å². The first-order valence-electron chi connectivity index (χ1n) is 9.61. The molecule has 0 bridgehead atoms. The number of ether oxygens (including phenoxy) is 4. The lowest BCUT2D eigenvalue weighted by Crippen LogP contribution is -2.32. The van der Waals surface area contributed by atoms with Crippen LogP contribution in [0.5, 0.6) is 17.2 Å². The van der Waals surface area contributed by atoms with E-state index < -0.39 is 17.7 Å². The van der Waals surface area contributed by atoms with Crippen molar-refractivity contribution in [1.82, 2.24) is 4.90 Å². The molecule has 2 aromatic carbocycles. The summed E-state index contributed by atoms with van der Waals surface area (Å²) >= 11 is 0. The van der Waals surface area contributed by atoms with Crippen molar-refractivity contribution in [1.29, 1.82) is 0 Å². The van der Waals surface area contributed by atoms with Crippen LogP contribution in [0.4, 0.5) is 0 Å². The first kappa shape index (κ1) is 22.2. The van der Waals surface area contributed by atoms with Gasteiger partial charge in [0.2, 0.25) is 0 Å². The molecule has 1 N–H and O–H groups in total. The third kappa shape index (κ3) is 4.06. The van der Waals surface area contributed by atoms with E-state index in [9.17, 15) is 14.7 Å². The number of carbonyl (C=O) groups is 2. The summed E-state index contributed by atoms with van der Waals surface area (Å²) in [6.07, 6.45) is 0. The van der Waals surface area contributed by atoms with Crippen molar-refractivity contribution in [3.63, 3.8) is 0 Å². The standard InChI is InChI=1S/C23H25NO7/c1-28-12-11-24-20(15-7-5-6-8-17(15)30-3)19(22(26)23(24)27)21(25)16-10-9-14(29-2)13-18(16)31-4/h5-10,13,20,25H,11-12H2,1-4H3/b21-19+. The number of rotatable bonds is 8. The summed E-state index contributed by atoms with van der Waals surface area (Å²) < 4.78 is 21.2. The zero-order valence-corrected chi connectivity index (χ0v) is 17.9. The molecule has 0 aliphatic carbocycles. The molecule has 0 radical (unpaired) electrons. The van der Waals surface area contributed by atoms with Gasteiger partial charge in [-0.2, -0.15) is 0 Å². The lowest BCUT2D eigenvalue weighted by atomic mass is 9.94. The fourth-order valence-electron chi connectivity index (χ4n) is 3.66. The third-order valence-corrected chi connectivity index (χ3v) is 5.17. The predicted molar refractivity (Wildman–Crippen MR) is 113 cm³/mol. The molecular weight excluding hydrogens is 402 g/mol. The van der Waals surface area contributed by atoms with E-state index in [4.69, 9.17) is 18.9 Å². The Hall–Kier alpha value is -3.52. The maximum atomic E-state index is 13.0. The van der Waals surface area contributed by atoms with Gasteiger partial charge in [-0.15, -0.1) is 0 Å². The molecule has 0 spiro atoms. The highest BCUT2D eigenvalue weighted by molar-refractivity contribution is 6.46. The third-order valence-electron chi connectivity index (χ3n) is 5.17. The average molecular weight is 427 g/mol. The van der Waals surface area contributed by atoms with Gasteiger partial charge in [0.15, 0.2) is 0 Å². The largest absolute Gasteiger partial charge is 0.507 e. The van der Waals surface area contributed by atoms with E-state index in [1.165, 1.54) is 33.3 Å². The van der Waals surface area contributed by atoms with Crippen LogP contribution in [0, 0.1) is 0 Å². The molecule has 8 heteroatoms. The molecule has 3 rings (SSSR count). The van der Waals surface area contributed by atoms with Crippen molar-refractivity contribution >= 4 is 17.4 Å². The van der Waals surface area contributed by atoms with Gasteiger partial charge in [0.1, 0.15) is 23.0 Å². The molecule has 8 nitrogen and oxygen atoms in total. The summed E-state index contributed by atoms with van der Waals surface area (Å²) in [5.74, 6) is -0.531. The Morgan fingerprint density at radius 1 is 0.968 bits per heavy atom. The molecule has 31 heavy (non-hydrogen) atoms. The molecule has 1 heterocycles. The number of nitrogens with zero attached hydrogens (tertiary/aromatic N) is 1. The summed E-state index contributed by atoms with van der Waals surface area (Å²) in [6, 6.07) is 11.0. The number of aliphatic hydroxyl groups is 1. The van der Waals surface area contributed by atoms with Gasteiger partial charge < -0.3 is 29.0 Å². The molecule has 1 fully saturated rings. The monoisotopic (exact) mass is 427 g/mol. The van der Waals surface area contributed by atoms with Gasteiger partial charge in [0, 0.05) is 25.3 Å². The summed E-state index contributed by atoms with van der Waals surface area (Å²) in [4.78, 5) is 27.3. The lowest BCUT2D eigenvalue weighted by Gasteiger charge is -2.26. The summed E-state index contributed by atoms with van der Waals surface area (Å²) in [7, 11) is 5.97. The fourth-order valence-corrected chi connectivity index (χ4v) is 3.66. The van der Waals surface area contributed by atoms with Gasteiger partial charge in [-0.1, -0.05) is 18.2 Å². The molecule has 164 valence electrons. The summed E-state index contributed by atoms with van der Waals surface area (Å²) in [5.41, 5.74) is 0.802. The van der Waals surface area contributed by atoms with Crippen molar-refractivity contribution in [3.05, 3.63) is 59.2 Å². The number of carbonyl (C=O) groups excluding carboxylic acids is 2. The van der Waals surface area contributed by atoms with E-state index in [0.29, 0.717) is 22.8 Å². The van der Waals surface area contributed by atoms with Gasteiger partial charge in [-0.3, -0.25) is 9.59 Å². The Morgan fingerprint density at radius 2 is 1.68 bits per heavy atom. The fraction of sp³-hybridized carbons (Fsp3) is 0.304. The second kappa shape index (κ2) is 9.53. The predicted octanol–water partition coefficient (Wildman–Crippen LogP) is 2.78. The summed E-state index contributed by atoms with van der Waals surface area (Å²) in [5, 5.41) is 11.2. The van der Waals surface area contributed by atoms with Crippen molar-refractivity contribution in [3.8, 4) is 17.2 Å². The van der Waals surface area contributed by atoms with Crippen molar-refractivity contribution in [2.24, 2.45) is 0 Å². The number of para-hydroxylation sites is 1. The molecule has 0 aromatic heterocycles. The van der Waals surface area contributed by atoms with Crippen molar-refractivity contribution in [2.75, 3.05) is 41.6 Å². The minimum Gasteiger partial charge on any atom is -0.507 e. The van der Waals surface area contributed by atoms with Crippen LogP contribution in [-0.2, 0) is 14.3 Å². The quantitative estimate of drug-likeness (QED) is 0.393. The average Bonchev–Trinajstić information content (AvgIpc) is 3.06. The van der Waals surface area contributed by atoms with Crippen molar-refractivity contribution in [2.45, 2.75) is 6.04 Å². The number of hydrogen-bond donors (Lipinski definition) is 1. The highest BCUT2D eigenvalue weighted by Gasteiger charge is 2.47. The van der Waals surface area contributed by atoms with E-state index in [1.807, 2.05) is 0 Å². The second-order valence-electron chi connectivity index (χ2n) is 6.79. The van der Waals surface area contributed by atoms with Crippen molar-refractivity contribution < 1.29 is 33.6 Å². The molecule has 1 unspecified atom stereocenters. The SMILES string of the molecule is COCCN1C(=O)C(=O)/C(=C(/O)c2ccc(OC)cc2OC)C1c1ccccc1OC. The van der Waals surface area contributed by atoms with Crippen LogP contribution in [0.25, 0.3) is 5.76 Å². The van der Waals surface area contributed by atoms with Crippen LogP contribution < -0.4 is 14.2 Å². The highest BCUT2D eigenvalue weighted by Crippen LogP contribution is 2.43. The first-order chi connectivity index (χ1) is 15.0. The van der Waals surface area contributed by atoms with Crippen LogP contribution in [-0.4, -0.2) is 63.3 Å². The number of ketones is 1. The number of aliphatic hydroxyl groups excluding tert-OH is 1. The Bertz CT molecular complexity index is 1010. The molecule has 1 amide bonds. The topological polar surface area (TPSA) is 94.5 Å². The number of likely N-dealkylation sites (tertiary alicyclic amines) is 1. The van der Waals surface area contributed by atoms with E-state index in [-0.39, 0.29) is 30.0 Å². The first-order valence-corrected chi connectivity index (χ1v) is 9.61. The number of hydrogen-bond acceptors (Lipinski definition) is 7. The van der Waals surface area contributed by atoms with Gasteiger partial charge in [-0.05, 0) is 18.2 Å². The maximum Gasteiger partial charge on any atom is 0.295 e. The van der Waals surface area contributed by atoms with Crippen LogP contribution >= 0.6 is 0 Å². The summed E-state index contributed by atoms with van der Waals surface area (Å²) in [6.45, 7) is 0.394. The minimum absolute atomic E-state index is 0.0472. The highest BCUT2D eigenvalue weighted by atomic mass is 16.5. The second-order valence-corrected chi connectivity index (χ2v) is 6.79. The van der Waals surface area contributed by atoms with E-state index in [1.54, 1.807) is 42.5 Å². The lowest BCUT2D eigenvalue weighted by molar-refractivity contribution is -0.140. The normalized spacial score (nSPS) is 17.7. The van der Waals surface area contributed by atoms with Crippen LogP contribution in [0.15, 0.2) is 48.0 Å². The van der Waals surface area contributed by atoms with E-state index >= 15 is 0 Å². The van der Waals surface area contributed by atoms with Crippen LogP contribution in [0.1, 0.15) is 17.2 Å². The Balaban J connectivity index is 2.24. The minimum atomic E-state index is -0.849. The smallest absolute Gasteiger partial charge is 0.295 e. The molecule has 1 atom stereocenters. The van der Waals surface area contributed by atoms with E-state index in [2.05, 4.69) is 0 Å². The van der Waals surface area contributed by atoms with Gasteiger partial charge in [0.25, 0.3) is 11.7 Å².